The summed E-state index contributed by atoms with van der Waals surface area (Å²) in [5.74, 6) is 3.93. The van der Waals surface area contributed by atoms with Gasteiger partial charge in [-0.25, -0.2) is 19.6 Å². The van der Waals surface area contributed by atoms with Gasteiger partial charge in [-0.1, -0.05) is 0 Å². The van der Waals surface area contributed by atoms with Gasteiger partial charge < -0.3 is 9.47 Å². The molecular formula is C16H22N2O4. The second-order valence-electron chi connectivity index (χ2n) is 7.28. The summed E-state index contributed by atoms with van der Waals surface area (Å²) in [4.78, 5) is 24.9. The van der Waals surface area contributed by atoms with Crippen molar-refractivity contribution in [2.45, 2.75) is 38.8 Å². The van der Waals surface area contributed by atoms with Crippen molar-refractivity contribution in [3.05, 3.63) is 0 Å². The third-order valence-corrected chi connectivity index (χ3v) is 6.98. The molecule has 1 heterocycles. The average Bonchev–Trinajstić information content (AvgIpc) is 3.27. The van der Waals surface area contributed by atoms with E-state index in [4.69, 9.17) is 9.47 Å². The van der Waals surface area contributed by atoms with E-state index in [2.05, 4.69) is 0 Å². The van der Waals surface area contributed by atoms with Crippen LogP contribution < -0.4 is 0 Å². The molecule has 0 spiro atoms. The zero-order chi connectivity index (χ0) is 15.2. The molecule has 0 aromatic heterocycles. The van der Waals surface area contributed by atoms with Crippen LogP contribution in [0, 0.1) is 35.5 Å². The molecule has 0 aromatic carbocycles. The molecule has 1 saturated heterocycles. The number of hydrogen-bond donors (Lipinski definition) is 0. The molecule has 0 unspecified atom stereocenters. The first-order valence-electron chi connectivity index (χ1n) is 8.62. The Morgan fingerprint density at radius 3 is 1.68 bits per heavy atom. The van der Waals surface area contributed by atoms with Crippen molar-refractivity contribution in [2.24, 2.45) is 35.5 Å². The van der Waals surface area contributed by atoms with Crippen LogP contribution in [0.15, 0.2) is 0 Å². The maximum Gasteiger partial charge on any atom is 0.429 e. The van der Waals surface area contributed by atoms with Gasteiger partial charge in [0.1, 0.15) is 0 Å². The standard InChI is InChI=1S/C16H22N2O4/c1-3-21-15(19)17-13-10-7-5-6-8-9(7)12(13)14(11(8)10)18(17)16(20)22-4-2/h7-14H,3-6H2,1-2H3/t7-,8-,9?,10+,11+,12?,13-,14-/m1/s1. The van der Waals surface area contributed by atoms with Gasteiger partial charge in [0.05, 0.1) is 25.3 Å². The molecule has 0 radical (unpaired) electrons. The maximum atomic E-state index is 12.5. The second kappa shape index (κ2) is 4.09. The molecule has 0 N–H and O–H groups in total. The molecule has 6 rings (SSSR count). The Morgan fingerprint density at radius 2 is 1.27 bits per heavy atom. The van der Waals surface area contributed by atoms with E-state index in [1.54, 1.807) is 23.9 Å². The van der Waals surface area contributed by atoms with Crippen LogP contribution in [0.3, 0.4) is 0 Å². The van der Waals surface area contributed by atoms with Crippen LogP contribution in [0.2, 0.25) is 0 Å². The molecule has 6 heteroatoms. The summed E-state index contributed by atoms with van der Waals surface area (Å²) >= 11 is 0. The average molecular weight is 306 g/mol. The normalized spacial score (nSPS) is 48.6. The highest BCUT2D eigenvalue weighted by molar-refractivity contribution is 5.77. The highest BCUT2D eigenvalue weighted by atomic mass is 16.6. The third kappa shape index (κ3) is 1.18. The van der Waals surface area contributed by atoms with Crippen LogP contribution in [0.25, 0.3) is 0 Å². The minimum atomic E-state index is -0.380. The van der Waals surface area contributed by atoms with Gasteiger partial charge in [0.15, 0.2) is 0 Å². The molecule has 5 aliphatic carbocycles. The van der Waals surface area contributed by atoms with Crippen LogP contribution in [-0.4, -0.2) is 47.5 Å². The van der Waals surface area contributed by atoms with Crippen LogP contribution in [-0.2, 0) is 9.47 Å². The summed E-state index contributed by atoms with van der Waals surface area (Å²) < 4.78 is 10.5. The van der Waals surface area contributed by atoms with Crippen molar-refractivity contribution in [1.29, 1.82) is 0 Å². The van der Waals surface area contributed by atoms with Crippen LogP contribution in [0.4, 0.5) is 9.59 Å². The quantitative estimate of drug-likeness (QED) is 0.784. The number of nitrogens with zero attached hydrogens (tertiary/aromatic N) is 2. The monoisotopic (exact) mass is 306 g/mol. The third-order valence-electron chi connectivity index (χ3n) is 6.98. The van der Waals surface area contributed by atoms with Gasteiger partial charge >= 0.3 is 12.2 Å². The van der Waals surface area contributed by atoms with Crippen molar-refractivity contribution in [3.63, 3.8) is 0 Å². The summed E-state index contributed by atoms with van der Waals surface area (Å²) in [6.07, 6.45) is 1.86. The van der Waals surface area contributed by atoms with Gasteiger partial charge in [0.2, 0.25) is 0 Å². The second-order valence-corrected chi connectivity index (χ2v) is 7.28. The molecule has 6 atom stereocenters. The molecule has 6 aliphatic rings. The largest absolute Gasteiger partial charge is 0.448 e. The first kappa shape index (κ1) is 13.0. The van der Waals surface area contributed by atoms with Gasteiger partial charge in [0, 0.05) is 5.92 Å². The molecule has 2 amide bonds. The Labute approximate surface area is 129 Å². The number of carbonyl (C=O) groups is 2. The predicted molar refractivity (Wildman–Crippen MR) is 75.5 cm³/mol. The summed E-state index contributed by atoms with van der Waals surface area (Å²) in [6, 6.07) is 0.343. The molecular weight excluding hydrogens is 284 g/mol. The van der Waals surface area contributed by atoms with Gasteiger partial charge in [-0.05, 0) is 56.3 Å². The fraction of sp³-hybridized carbons (Fsp3) is 0.875. The van der Waals surface area contributed by atoms with Crippen molar-refractivity contribution in [2.75, 3.05) is 13.2 Å². The molecule has 5 saturated carbocycles. The van der Waals surface area contributed by atoms with Gasteiger partial charge in [0.25, 0.3) is 0 Å². The molecule has 22 heavy (non-hydrogen) atoms. The van der Waals surface area contributed by atoms with E-state index < -0.39 is 0 Å². The minimum Gasteiger partial charge on any atom is -0.448 e. The van der Waals surface area contributed by atoms with Crippen molar-refractivity contribution >= 4 is 12.2 Å². The lowest BCUT2D eigenvalue weighted by molar-refractivity contribution is -0.0827. The van der Waals surface area contributed by atoms with E-state index in [1.807, 2.05) is 0 Å². The molecule has 6 nitrogen and oxygen atoms in total. The lowest BCUT2D eigenvalue weighted by Gasteiger charge is -2.45. The number of ether oxygens (including phenoxy) is 2. The van der Waals surface area contributed by atoms with E-state index >= 15 is 0 Å². The number of hydrogen-bond acceptors (Lipinski definition) is 4. The fourth-order valence-corrected chi connectivity index (χ4v) is 7.00. The van der Waals surface area contributed by atoms with Gasteiger partial charge in [-0.15, -0.1) is 0 Å². The summed E-state index contributed by atoms with van der Waals surface area (Å²) in [5.41, 5.74) is 0. The molecule has 6 fully saturated rings. The number of hydrazine groups is 1. The van der Waals surface area contributed by atoms with E-state index in [0.29, 0.717) is 31.0 Å². The summed E-state index contributed by atoms with van der Waals surface area (Å²) in [5, 5.41) is 3.24. The SMILES string of the molecule is CCOC(=O)N1[C@H]2C3C4[C@H]5CC[C@H]4[C@@H]([C@H]52)[C@H]3N1C(=O)OCC. The number of carbonyl (C=O) groups excluding carboxylic acids is 2. The van der Waals surface area contributed by atoms with Crippen LogP contribution in [0.1, 0.15) is 26.7 Å². The Bertz CT molecular complexity index is 506. The Morgan fingerprint density at radius 1 is 0.818 bits per heavy atom. The highest BCUT2D eigenvalue weighted by Gasteiger charge is 2.83. The molecule has 120 valence electrons. The number of amides is 2. The van der Waals surface area contributed by atoms with Crippen LogP contribution >= 0.6 is 0 Å². The topological polar surface area (TPSA) is 59.1 Å². The Balaban J connectivity index is 1.52. The van der Waals surface area contributed by atoms with Gasteiger partial charge in [-0.3, -0.25) is 0 Å². The Kier molecular flexibility index (Phi) is 2.42. The lowest BCUT2D eigenvalue weighted by atomic mass is 9.78. The van der Waals surface area contributed by atoms with E-state index in [0.717, 1.165) is 17.8 Å². The molecule has 1 aliphatic heterocycles. The zero-order valence-corrected chi connectivity index (χ0v) is 13.0. The maximum absolute atomic E-state index is 12.5. The van der Waals surface area contributed by atoms with E-state index in [-0.39, 0.29) is 24.3 Å². The predicted octanol–water partition coefficient (Wildman–Crippen LogP) is 2.10. The lowest BCUT2D eigenvalue weighted by Crippen LogP contribution is -2.59. The first-order chi connectivity index (χ1) is 10.7. The van der Waals surface area contributed by atoms with Crippen molar-refractivity contribution < 1.29 is 19.1 Å². The van der Waals surface area contributed by atoms with Crippen molar-refractivity contribution in [3.8, 4) is 0 Å². The van der Waals surface area contributed by atoms with Crippen LogP contribution in [0.5, 0.6) is 0 Å². The Hall–Kier alpha value is -1.46. The summed E-state index contributed by atoms with van der Waals surface area (Å²) in [7, 11) is 0. The van der Waals surface area contributed by atoms with E-state index in [9.17, 15) is 9.59 Å². The van der Waals surface area contributed by atoms with E-state index in [1.165, 1.54) is 12.8 Å². The molecule has 8 bridgehead atoms. The molecule has 0 aromatic rings. The van der Waals surface area contributed by atoms with Gasteiger partial charge in [-0.2, -0.15) is 0 Å². The minimum absolute atomic E-state index is 0.171. The fourth-order valence-electron chi connectivity index (χ4n) is 7.00. The smallest absolute Gasteiger partial charge is 0.429 e. The first-order valence-corrected chi connectivity index (χ1v) is 8.62. The highest BCUT2D eigenvalue weighted by Crippen LogP contribution is 2.78. The summed E-state index contributed by atoms with van der Waals surface area (Å²) in [6.45, 7) is 4.26. The number of rotatable bonds is 2. The zero-order valence-electron chi connectivity index (χ0n) is 13.0. The van der Waals surface area contributed by atoms with Crippen molar-refractivity contribution in [1.82, 2.24) is 10.0 Å².